The Bertz CT molecular complexity index is 577. The Kier molecular flexibility index (Phi) is 3.82. The van der Waals surface area contributed by atoms with Crippen molar-refractivity contribution in [2.24, 2.45) is 5.73 Å². The van der Waals surface area contributed by atoms with Gasteiger partial charge in [-0.2, -0.15) is 0 Å². The van der Waals surface area contributed by atoms with Crippen LogP contribution in [0, 0.1) is 0 Å². The summed E-state index contributed by atoms with van der Waals surface area (Å²) in [5, 5.41) is 3.49. The maximum absolute atomic E-state index is 11.7. The molecule has 2 heterocycles. The maximum Gasteiger partial charge on any atom is 0.245 e. The molecule has 3 rings (SSSR count). The smallest absolute Gasteiger partial charge is 0.245 e. The van der Waals surface area contributed by atoms with Crippen LogP contribution >= 0.6 is 11.6 Å². The van der Waals surface area contributed by atoms with E-state index in [1.54, 1.807) is 0 Å². The zero-order valence-electron chi connectivity index (χ0n) is 12.4. The van der Waals surface area contributed by atoms with Crippen molar-refractivity contribution in [2.75, 3.05) is 36.4 Å². The van der Waals surface area contributed by atoms with Gasteiger partial charge in [0.15, 0.2) is 0 Å². The SMILES string of the molecule is CCN1CCN(c2cc3c(cc2Cl)C(N)C(=O)N3)CC1C. The van der Waals surface area contributed by atoms with Crippen LogP contribution in [0.3, 0.4) is 0 Å². The van der Waals surface area contributed by atoms with Crippen LogP contribution in [0.25, 0.3) is 0 Å². The van der Waals surface area contributed by atoms with Crippen LogP contribution in [0.15, 0.2) is 12.1 Å². The average molecular weight is 309 g/mol. The number of anilines is 2. The number of carbonyl (C=O) groups excluding carboxylic acids is 1. The second-order valence-electron chi connectivity index (χ2n) is 5.78. The fraction of sp³-hybridized carbons (Fsp3) is 0.533. The first kappa shape index (κ1) is 14.6. The van der Waals surface area contributed by atoms with Gasteiger partial charge in [-0.15, -0.1) is 0 Å². The summed E-state index contributed by atoms with van der Waals surface area (Å²) >= 11 is 6.42. The standard InChI is InChI=1S/C15H21ClN4O/c1-3-19-4-5-20(8-9(19)2)13-7-12-10(6-11(13)16)14(17)15(21)18-12/h6-7,9,14H,3-5,8,17H2,1-2H3,(H,18,21). The Morgan fingerprint density at radius 2 is 2.19 bits per heavy atom. The molecule has 0 saturated carbocycles. The Hall–Kier alpha value is -1.30. The molecule has 1 aromatic carbocycles. The van der Waals surface area contributed by atoms with Gasteiger partial charge in [-0.1, -0.05) is 18.5 Å². The minimum Gasteiger partial charge on any atom is -0.367 e. The zero-order valence-corrected chi connectivity index (χ0v) is 13.2. The number of benzene rings is 1. The molecule has 3 N–H and O–H groups in total. The molecular weight excluding hydrogens is 288 g/mol. The van der Waals surface area contributed by atoms with E-state index in [1.807, 2.05) is 12.1 Å². The summed E-state index contributed by atoms with van der Waals surface area (Å²) in [7, 11) is 0. The highest BCUT2D eigenvalue weighted by atomic mass is 35.5. The molecular formula is C15H21ClN4O. The summed E-state index contributed by atoms with van der Waals surface area (Å²) in [6, 6.07) is 3.66. The number of halogens is 1. The number of piperazine rings is 1. The quantitative estimate of drug-likeness (QED) is 0.875. The summed E-state index contributed by atoms with van der Waals surface area (Å²) in [4.78, 5) is 16.4. The molecule has 1 aromatic rings. The van der Waals surface area contributed by atoms with E-state index >= 15 is 0 Å². The third-order valence-electron chi connectivity index (χ3n) is 4.51. The Labute approximate surface area is 130 Å². The van der Waals surface area contributed by atoms with Crippen LogP contribution in [-0.4, -0.2) is 43.0 Å². The number of nitrogens with one attached hydrogen (secondary N) is 1. The van der Waals surface area contributed by atoms with Gasteiger partial charge in [0.05, 0.1) is 10.7 Å². The first-order chi connectivity index (χ1) is 10.0. The Morgan fingerprint density at radius 1 is 1.43 bits per heavy atom. The molecule has 6 heteroatoms. The predicted octanol–water partition coefficient (Wildman–Crippen LogP) is 1.82. The van der Waals surface area contributed by atoms with Crippen LogP contribution in [0.5, 0.6) is 0 Å². The fourth-order valence-corrected chi connectivity index (χ4v) is 3.51. The number of rotatable bonds is 2. The van der Waals surface area contributed by atoms with Crippen LogP contribution in [0.1, 0.15) is 25.5 Å². The molecule has 1 saturated heterocycles. The number of hydrogen-bond acceptors (Lipinski definition) is 4. The maximum atomic E-state index is 11.7. The number of hydrogen-bond donors (Lipinski definition) is 2. The van der Waals surface area contributed by atoms with Crippen molar-refractivity contribution in [1.82, 2.24) is 4.90 Å². The molecule has 1 fully saturated rings. The molecule has 2 aliphatic heterocycles. The topological polar surface area (TPSA) is 61.6 Å². The Morgan fingerprint density at radius 3 is 2.86 bits per heavy atom. The minimum atomic E-state index is -0.609. The van der Waals surface area contributed by atoms with Gasteiger partial charge < -0.3 is 16.0 Å². The molecule has 0 bridgehead atoms. The molecule has 2 aliphatic rings. The molecule has 0 aromatic heterocycles. The molecule has 0 radical (unpaired) electrons. The molecule has 21 heavy (non-hydrogen) atoms. The number of carbonyl (C=O) groups is 1. The highest BCUT2D eigenvalue weighted by Crippen LogP contribution is 2.38. The van der Waals surface area contributed by atoms with E-state index in [4.69, 9.17) is 17.3 Å². The molecule has 5 nitrogen and oxygen atoms in total. The van der Waals surface area contributed by atoms with Crippen molar-refractivity contribution in [2.45, 2.75) is 25.9 Å². The number of amides is 1. The van der Waals surface area contributed by atoms with E-state index in [9.17, 15) is 4.79 Å². The third-order valence-corrected chi connectivity index (χ3v) is 4.81. The first-order valence-electron chi connectivity index (χ1n) is 7.40. The van der Waals surface area contributed by atoms with Crippen LogP contribution in [0.4, 0.5) is 11.4 Å². The fourth-order valence-electron chi connectivity index (χ4n) is 3.22. The van der Waals surface area contributed by atoms with Crippen LogP contribution in [0.2, 0.25) is 5.02 Å². The first-order valence-corrected chi connectivity index (χ1v) is 7.78. The summed E-state index contributed by atoms with van der Waals surface area (Å²) in [5.41, 5.74) is 8.41. The second kappa shape index (κ2) is 5.48. The van der Waals surface area contributed by atoms with Gasteiger partial charge >= 0.3 is 0 Å². The van der Waals surface area contributed by atoms with Gasteiger partial charge in [0, 0.05) is 36.9 Å². The summed E-state index contributed by atoms with van der Waals surface area (Å²) < 4.78 is 0. The molecule has 1 amide bonds. The van der Waals surface area contributed by atoms with Gasteiger partial charge in [0.2, 0.25) is 5.91 Å². The number of nitrogens with zero attached hydrogens (tertiary/aromatic N) is 2. The van der Waals surface area contributed by atoms with E-state index in [0.717, 1.165) is 43.1 Å². The lowest BCUT2D eigenvalue weighted by atomic mass is 10.1. The summed E-state index contributed by atoms with van der Waals surface area (Å²) in [5.74, 6) is -0.164. The van der Waals surface area contributed by atoms with E-state index in [-0.39, 0.29) is 5.91 Å². The van der Waals surface area contributed by atoms with Crippen molar-refractivity contribution < 1.29 is 4.79 Å². The lowest BCUT2D eigenvalue weighted by Gasteiger charge is -2.40. The second-order valence-corrected chi connectivity index (χ2v) is 6.19. The predicted molar refractivity (Wildman–Crippen MR) is 85.9 cm³/mol. The number of likely N-dealkylation sites (N-methyl/N-ethyl adjacent to an activating group) is 1. The monoisotopic (exact) mass is 308 g/mol. The average Bonchev–Trinajstić information content (AvgIpc) is 2.73. The van der Waals surface area contributed by atoms with Gasteiger partial charge in [0.1, 0.15) is 6.04 Å². The Balaban J connectivity index is 1.88. The molecule has 0 spiro atoms. The minimum absolute atomic E-state index is 0.164. The molecule has 2 atom stereocenters. The number of fused-ring (bicyclic) bond motifs is 1. The number of nitrogens with two attached hydrogens (primary N) is 1. The van der Waals surface area contributed by atoms with E-state index in [0.29, 0.717) is 11.1 Å². The summed E-state index contributed by atoms with van der Waals surface area (Å²) in [6.07, 6.45) is 0. The van der Waals surface area contributed by atoms with E-state index < -0.39 is 6.04 Å². The van der Waals surface area contributed by atoms with Crippen molar-refractivity contribution in [3.63, 3.8) is 0 Å². The van der Waals surface area contributed by atoms with Crippen molar-refractivity contribution in [3.8, 4) is 0 Å². The van der Waals surface area contributed by atoms with Gasteiger partial charge in [-0.25, -0.2) is 0 Å². The van der Waals surface area contributed by atoms with Crippen molar-refractivity contribution in [3.05, 3.63) is 22.7 Å². The van der Waals surface area contributed by atoms with Gasteiger partial charge in [-0.3, -0.25) is 9.69 Å². The van der Waals surface area contributed by atoms with Crippen LogP contribution < -0.4 is 16.0 Å². The zero-order chi connectivity index (χ0) is 15.1. The van der Waals surface area contributed by atoms with Crippen molar-refractivity contribution in [1.29, 1.82) is 0 Å². The largest absolute Gasteiger partial charge is 0.367 e. The highest BCUT2D eigenvalue weighted by molar-refractivity contribution is 6.33. The molecule has 2 unspecified atom stereocenters. The normalized spacial score (nSPS) is 25.9. The molecule has 0 aliphatic carbocycles. The lowest BCUT2D eigenvalue weighted by molar-refractivity contribution is -0.116. The van der Waals surface area contributed by atoms with Crippen LogP contribution in [-0.2, 0) is 4.79 Å². The third kappa shape index (κ3) is 2.50. The van der Waals surface area contributed by atoms with E-state index in [2.05, 4.69) is 29.0 Å². The summed E-state index contributed by atoms with van der Waals surface area (Å²) in [6.45, 7) is 8.39. The van der Waals surface area contributed by atoms with Gasteiger partial charge in [0.25, 0.3) is 0 Å². The van der Waals surface area contributed by atoms with Gasteiger partial charge in [-0.05, 0) is 25.6 Å². The van der Waals surface area contributed by atoms with Crippen molar-refractivity contribution >= 4 is 28.9 Å². The lowest BCUT2D eigenvalue weighted by Crippen LogP contribution is -2.51. The molecule has 114 valence electrons. The van der Waals surface area contributed by atoms with E-state index in [1.165, 1.54) is 0 Å². The highest BCUT2D eigenvalue weighted by Gasteiger charge is 2.30.